The number of aromatic nitrogens is 2. The van der Waals surface area contributed by atoms with Crippen molar-refractivity contribution in [2.24, 2.45) is 7.05 Å². The van der Waals surface area contributed by atoms with Crippen LogP contribution in [0.1, 0.15) is 12.1 Å². The first-order valence-corrected chi connectivity index (χ1v) is 5.77. The van der Waals surface area contributed by atoms with Crippen LogP contribution >= 0.6 is 15.9 Å². The molecular formula is C11H11BrF2N2. The Kier molecular flexibility index (Phi) is 3.23. The van der Waals surface area contributed by atoms with Gasteiger partial charge in [-0.25, -0.2) is 8.78 Å². The van der Waals surface area contributed by atoms with Crippen molar-refractivity contribution in [1.82, 2.24) is 9.78 Å². The summed E-state index contributed by atoms with van der Waals surface area (Å²) in [6.45, 7) is 0. The second kappa shape index (κ2) is 4.49. The quantitative estimate of drug-likeness (QED) is 0.845. The van der Waals surface area contributed by atoms with Gasteiger partial charge in [0.05, 0.1) is 11.2 Å². The van der Waals surface area contributed by atoms with Crippen LogP contribution in [-0.2, 0) is 13.5 Å². The highest BCUT2D eigenvalue weighted by Gasteiger charge is 2.12. The van der Waals surface area contributed by atoms with Crippen LogP contribution in [0.3, 0.4) is 0 Å². The molecule has 2 aromatic rings. The standard InChI is InChI=1S/C11H11BrF2N2/c1-16-11-7(3-2-4-8(11)12)9(15-16)5-6-10(13)14/h2-4,10H,5-6H2,1H3. The Balaban J connectivity index is 2.43. The van der Waals surface area contributed by atoms with Gasteiger partial charge in [0.25, 0.3) is 0 Å². The van der Waals surface area contributed by atoms with Gasteiger partial charge in [-0.2, -0.15) is 5.10 Å². The van der Waals surface area contributed by atoms with E-state index >= 15 is 0 Å². The maximum Gasteiger partial charge on any atom is 0.239 e. The Labute approximate surface area is 100 Å². The maximum absolute atomic E-state index is 12.2. The predicted octanol–water partition coefficient (Wildman–Crippen LogP) is 3.53. The summed E-state index contributed by atoms with van der Waals surface area (Å²) < 4.78 is 27.0. The molecule has 1 aromatic heterocycles. The Morgan fingerprint density at radius 2 is 2.19 bits per heavy atom. The second-order valence-corrected chi connectivity index (χ2v) is 4.49. The molecule has 0 N–H and O–H groups in total. The first kappa shape index (κ1) is 11.5. The summed E-state index contributed by atoms with van der Waals surface area (Å²) in [5, 5.41) is 5.22. The van der Waals surface area contributed by atoms with Crippen molar-refractivity contribution in [3.05, 3.63) is 28.4 Å². The smallest absolute Gasteiger partial charge is 0.239 e. The Morgan fingerprint density at radius 3 is 2.88 bits per heavy atom. The number of alkyl halides is 2. The highest BCUT2D eigenvalue weighted by atomic mass is 79.9. The summed E-state index contributed by atoms with van der Waals surface area (Å²) in [7, 11) is 1.82. The first-order chi connectivity index (χ1) is 7.59. The molecule has 0 saturated heterocycles. The van der Waals surface area contributed by atoms with Crippen LogP contribution in [-0.4, -0.2) is 16.2 Å². The fourth-order valence-electron chi connectivity index (χ4n) is 1.79. The number of hydrogen-bond acceptors (Lipinski definition) is 1. The summed E-state index contributed by atoms with van der Waals surface area (Å²) in [6, 6.07) is 5.72. The lowest BCUT2D eigenvalue weighted by molar-refractivity contribution is 0.138. The van der Waals surface area contributed by atoms with Gasteiger partial charge in [0.1, 0.15) is 0 Å². The van der Waals surface area contributed by atoms with Crippen molar-refractivity contribution >= 4 is 26.8 Å². The van der Waals surface area contributed by atoms with Gasteiger partial charge in [0.15, 0.2) is 0 Å². The Morgan fingerprint density at radius 1 is 1.44 bits per heavy atom. The van der Waals surface area contributed by atoms with E-state index in [2.05, 4.69) is 21.0 Å². The van der Waals surface area contributed by atoms with Gasteiger partial charge in [-0.15, -0.1) is 0 Å². The normalized spacial score (nSPS) is 11.6. The molecule has 0 unspecified atom stereocenters. The molecule has 0 bridgehead atoms. The van der Waals surface area contributed by atoms with E-state index in [4.69, 9.17) is 0 Å². The van der Waals surface area contributed by atoms with E-state index in [9.17, 15) is 8.78 Å². The van der Waals surface area contributed by atoms with E-state index in [1.54, 1.807) is 4.68 Å². The number of aryl methyl sites for hydroxylation is 2. The number of nitrogens with zero attached hydrogens (tertiary/aromatic N) is 2. The van der Waals surface area contributed by atoms with Crippen molar-refractivity contribution < 1.29 is 8.78 Å². The van der Waals surface area contributed by atoms with E-state index in [0.29, 0.717) is 6.42 Å². The van der Waals surface area contributed by atoms with Gasteiger partial charge in [0.2, 0.25) is 6.43 Å². The molecule has 2 rings (SSSR count). The molecule has 0 aliphatic rings. The van der Waals surface area contributed by atoms with Crippen molar-refractivity contribution in [3.8, 4) is 0 Å². The third-order valence-electron chi connectivity index (χ3n) is 2.49. The molecule has 0 aliphatic heterocycles. The zero-order chi connectivity index (χ0) is 11.7. The van der Waals surface area contributed by atoms with E-state index in [-0.39, 0.29) is 6.42 Å². The average molecular weight is 289 g/mol. The number of halogens is 3. The van der Waals surface area contributed by atoms with E-state index in [0.717, 1.165) is 21.1 Å². The van der Waals surface area contributed by atoms with E-state index in [1.165, 1.54) is 0 Å². The summed E-state index contributed by atoms with van der Waals surface area (Å²) in [6.07, 6.45) is -2.10. The number of rotatable bonds is 3. The minimum atomic E-state index is -2.27. The van der Waals surface area contributed by atoms with Gasteiger partial charge in [-0.05, 0) is 28.4 Å². The van der Waals surface area contributed by atoms with Gasteiger partial charge in [-0.3, -0.25) is 4.68 Å². The fraction of sp³-hybridized carbons (Fsp3) is 0.364. The zero-order valence-electron chi connectivity index (χ0n) is 8.75. The molecule has 0 amide bonds. The van der Waals surface area contributed by atoms with Gasteiger partial charge in [-0.1, -0.05) is 12.1 Å². The molecule has 2 nitrogen and oxygen atoms in total. The van der Waals surface area contributed by atoms with Crippen molar-refractivity contribution in [3.63, 3.8) is 0 Å². The van der Waals surface area contributed by atoms with Crippen LogP contribution in [0.2, 0.25) is 0 Å². The third kappa shape index (κ3) is 2.09. The lowest BCUT2D eigenvalue weighted by Crippen LogP contribution is -1.96. The summed E-state index contributed by atoms with van der Waals surface area (Å²) in [4.78, 5) is 0. The number of hydrogen-bond donors (Lipinski definition) is 0. The molecule has 0 spiro atoms. The van der Waals surface area contributed by atoms with Crippen LogP contribution in [0.25, 0.3) is 10.9 Å². The highest BCUT2D eigenvalue weighted by molar-refractivity contribution is 9.10. The largest absolute Gasteiger partial charge is 0.267 e. The van der Waals surface area contributed by atoms with Crippen molar-refractivity contribution in [2.75, 3.05) is 0 Å². The first-order valence-electron chi connectivity index (χ1n) is 4.98. The highest BCUT2D eigenvalue weighted by Crippen LogP contribution is 2.26. The number of fused-ring (bicyclic) bond motifs is 1. The second-order valence-electron chi connectivity index (χ2n) is 3.64. The molecule has 0 aliphatic carbocycles. The van der Waals surface area contributed by atoms with Crippen molar-refractivity contribution in [1.29, 1.82) is 0 Å². The summed E-state index contributed by atoms with van der Waals surface area (Å²) in [5.41, 5.74) is 1.69. The van der Waals surface area contributed by atoms with Gasteiger partial charge in [0, 0.05) is 23.3 Å². The average Bonchev–Trinajstić information content (AvgIpc) is 2.54. The van der Waals surface area contributed by atoms with E-state index < -0.39 is 6.43 Å². The Hall–Kier alpha value is -0.970. The topological polar surface area (TPSA) is 17.8 Å². The Bertz CT molecular complexity index is 508. The molecule has 1 heterocycles. The monoisotopic (exact) mass is 288 g/mol. The lowest BCUT2D eigenvalue weighted by Gasteiger charge is -1.97. The molecule has 0 atom stereocenters. The number of benzene rings is 1. The minimum Gasteiger partial charge on any atom is -0.267 e. The maximum atomic E-state index is 12.2. The molecule has 5 heteroatoms. The van der Waals surface area contributed by atoms with Crippen LogP contribution in [0.4, 0.5) is 8.78 Å². The minimum absolute atomic E-state index is 0.140. The lowest BCUT2D eigenvalue weighted by atomic mass is 10.1. The molecule has 16 heavy (non-hydrogen) atoms. The fourth-order valence-corrected chi connectivity index (χ4v) is 2.42. The molecule has 86 valence electrons. The van der Waals surface area contributed by atoms with Gasteiger partial charge < -0.3 is 0 Å². The summed E-state index contributed by atoms with van der Waals surface area (Å²) in [5.74, 6) is 0. The SMILES string of the molecule is Cn1nc(CCC(F)F)c2cccc(Br)c21. The predicted molar refractivity (Wildman–Crippen MR) is 62.7 cm³/mol. The summed E-state index contributed by atoms with van der Waals surface area (Å²) >= 11 is 3.43. The van der Waals surface area contributed by atoms with Crippen LogP contribution < -0.4 is 0 Å². The van der Waals surface area contributed by atoms with E-state index in [1.807, 2.05) is 25.2 Å². The zero-order valence-corrected chi connectivity index (χ0v) is 10.3. The van der Waals surface area contributed by atoms with Crippen molar-refractivity contribution in [2.45, 2.75) is 19.3 Å². The molecule has 0 radical (unpaired) electrons. The molecule has 0 saturated carbocycles. The third-order valence-corrected chi connectivity index (χ3v) is 3.13. The van der Waals surface area contributed by atoms with Crippen LogP contribution in [0.15, 0.2) is 22.7 Å². The number of para-hydroxylation sites is 1. The molecule has 0 fully saturated rings. The molecular weight excluding hydrogens is 278 g/mol. The van der Waals surface area contributed by atoms with Crippen LogP contribution in [0.5, 0.6) is 0 Å². The van der Waals surface area contributed by atoms with Gasteiger partial charge >= 0.3 is 0 Å². The van der Waals surface area contributed by atoms with Crippen LogP contribution in [0, 0.1) is 0 Å². The molecule has 1 aromatic carbocycles.